The second kappa shape index (κ2) is 9.11. The van der Waals surface area contributed by atoms with Crippen molar-refractivity contribution in [1.82, 2.24) is 20.3 Å². The lowest BCUT2D eigenvalue weighted by Crippen LogP contribution is -2.36. The highest BCUT2D eigenvalue weighted by Crippen LogP contribution is 2.27. The van der Waals surface area contributed by atoms with Crippen LogP contribution in [-0.4, -0.2) is 39.8 Å². The van der Waals surface area contributed by atoms with Gasteiger partial charge in [-0.2, -0.15) is 4.98 Å². The van der Waals surface area contributed by atoms with Gasteiger partial charge in [-0.15, -0.1) is 0 Å². The van der Waals surface area contributed by atoms with E-state index in [1.165, 1.54) is 6.33 Å². The molecule has 0 spiro atoms. The van der Waals surface area contributed by atoms with Crippen molar-refractivity contribution >= 4 is 40.1 Å². The number of hydrogen-bond acceptors (Lipinski definition) is 9. The molecule has 6 N–H and O–H groups in total. The number of anilines is 4. The van der Waals surface area contributed by atoms with Gasteiger partial charge >= 0.3 is 0 Å². The van der Waals surface area contributed by atoms with E-state index >= 15 is 0 Å². The zero-order valence-electron chi connectivity index (χ0n) is 19.3. The van der Waals surface area contributed by atoms with Crippen LogP contribution in [-0.2, 0) is 0 Å². The summed E-state index contributed by atoms with van der Waals surface area (Å²) in [5, 5.41) is 18.8. The lowest BCUT2D eigenvalue weighted by molar-refractivity contribution is 0.478. The van der Waals surface area contributed by atoms with Gasteiger partial charge in [0.25, 0.3) is 6.01 Å². The first-order valence-corrected chi connectivity index (χ1v) is 11.4. The first-order valence-electron chi connectivity index (χ1n) is 11.4. The Bertz CT molecular complexity index is 1340. The van der Waals surface area contributed by atoms with Gasteiger partial charge in [0, 0.05) is 17.3 Å². The van der Waals surface area contributed by atoms with Crippen molar-refractivity contribution in [3.05, 3.63) is 65.0 Å². The fourth-order valence-electron chi connectivity index (χ4n) is 4.33. The molecule has 0 unspecified atom stereocenters. The van der Waals surface area contributed by atoms with Crippen molar-refractivity contribution in [2.45, 2.75) is 32.7 Å². The molecule has 1 aliphatic heterocycles. The number of aromatic nitrogens is 3. The average Bonchev–Trinajstić information content (AvgIpc) is 3.22. The Kier molecular flexibility index (Phi) is 5.85. The number of benzene rings is 2. The molecule has 1 fully saturated rings. The molecule has 1 aliphatic rings. The lowest BCUT2D eigenvalue weighted by atomic mass is 10.0. The molecule has 9 nitrogen and oxygen atoms in total. The quantitative estimate of drug-likeness (QED) is 0.273. The number of piperidine rings is 1. The number of aryl methyl sites for hydroxylation is 2. The highest BCUT2D eigenvalue weighted by atomic mass is 16.4. The van der Waals surface area contributed by atoms with Gasteiger partial charge in [0.2, 0.25) is 0 Å². The molecule has 3 heterocycles. The lowest BCUT2D eigenvalue weighted by Gasteiger charge is -2.25. The van der Waals surface area contributed by atoms with E-state index in [-0.39, 0.29) is 17.6 Å². The first-order chi connectivity index (χ1) is 16.5. The zero-order valence-corrected chi connectivity index (χ0v) is 19.3. The molecular weight excluding hydrogens is 428 g/mol. The monoisotopic (exact) mass is 456 g/mol. The number of nitrogen functional groups attached to an aromatic ring is 1. The van der Waals surface area contributed by atoms with Crippen LogP contribution in [0.15, 0.2) is 47.1 Å². The number of hydrogen-bond donors (Lipinski definition) is 5. The third-order valence-electron chi connectivity index (χ3n) is 6.05. The summed E-state index contributed by atoms with van der Waals surface area (Å²) in [6.07, 6.45) is 3.42. The van der Waals surface area contributed by atoms with Gasteiger partial charge in [-0.1, -0.05) is 18.2 Å². The van der Waals surface area contributed by atoms with Crippen LogP contribution in [0, 0.1) is 19.3 Å². The zero-order chi connectivity index (χ0) is 23.7. The van der Waals surface area contributed by atoms with E-state index in [0.29, 0.717) is 23.0 Å². The number of fused-ring (bicyclic) bond motifs is 1. The number of rotatable bonds is 6. The molecule has 0 amide bonds. The topological polar surface area (TPSA) is 138 Å². The maximum atomic E-state index is 8.81. The fourth-order valence-corrected chi connectivity index (χ4v) is 4.33. The molecule has 2 aromatic heterocycles. The molecule has 0 aliphatic carbocycles. The molecule has 1 saturated heterocycles. The molecule has 174 valence electrons. The van der Waals surface area contributed by atoms with Gasteiger partial charge in [0.05, 0.1) is 11.3 Å². The molecule has 34 heavy (non-hydrogen) atoms. The number of nitrogens with two attached hydrogens (primary N) is 1. The standard InChI is InChI=1S/C25H28N8O/c1-14-11-15(2)22-19(12-14)33-25(34-22)32-17-5-3-16(4-6-17)21(26)20-23(27)29-13-30-24(20)31-18-7-9-28-10-8-18/h3-6,11-13,18,26,28H,7-10H2,1-2H3,(H,32,33)(H3,27,29,30,31). The van der Waals surface area contributed by atoms with Crippen LogP contribution in [0.2, 0.25) is 0 Å². The van der Waals surface area contributed by atoms with Crippen LogP contribution < -0.4 is 21.7 Å². The Labute approximate surface area is 197 Å². The van der Waals surface area contributed by atoms with Gasteiger partial charge in [0.15, 0.2) is 5.58 Å². The van der Waals surface area contributed by atoms with E-state index in [9.17, 15) is 0 Å². The Morgan fingerprint density at radius 2 is 1.88 bits per heavy atom. The first kappa shape index (κ1) is 21.8. The van der Waals surface area contributed by atoms with Gasteiger partial charge in [0.1, 0.15) is 23.5 Å². The third kappa shape index (κ3) is 4.42. The minimum absolute atomic E-state index is 0.272. The second-order valence-corrected chi connectivity index (χ2v) is 8.68. The minimum atomic E-state index is 0.272. The van der Waals surface area contributed by atoms with E-state index in [1.54, 1.807) is 0 Å². The van der Waals surface area contributed by atoms with E-state index in [4.69, 9.17) is 15.6 Å². The average molecular weight is 457 g/mol. The van der Waals surface area contributed by atoms with Crippen molar-refractivity contribution in [1.29, 1.82) is 5.41 Å². The molecule has 0 saturated carbocycles. The summed E-state index contributed by atoms with van der Waals surface area (Å²) in [6, 6.07) is 12.3. The largest absolute Gasteiger partial charge is 0.423 e. The molecule has 0 bridgehead atoms. The van der Waals surface area contributed by atoms with Crippen molar-refractivity contribution in [3.8, 4) is 0 Å². The van der Waals surface area contributed by atoms with E-state index in [0.717, 1.165) is 53.8 Å². The molecule has 4 aromatic rings. The summed E-state index contributed by atoms with van der Waals surface area (Å²) < 4.78 is 5.90. The summed E-state index contributed by atoms with van der Waals surface area (Å²) in [6.45, 7) is 5.97. The maximum absolute atomic E-state index is 8.81. The summed E-state index contributed by atoms with van der Waals surface area (Å²) in [5.74, 6) is 0.888. The Balaban J connectivity index is 1.36. The Hall–Kier alpha value is -3.98. The summed E-state index contributed by atoms with van der Waals surface area (Å²) >= 11 is 0. The van der Waals surface area contributed by atoms with Gasteiger partial charge < -0.3 is 26.1 Å². The van der Waals surface area contributed by atoms with Crippen LogP contribution >= 0.6 is 0 Å². The fraction of sp³-hybridized carbons (Fsp3) is 0.280. The maximum Gasteiger partial charge on any atom is 0.300 e. The molecular formula is C25H28N8O. The van der Waals surface area contributed by atoms with Crippen LogP contribution in [0.5, 0.6) is 0 Å². The Morgan fingerprint density at radius 3 is 2.65 bits per heavy atom. The normalized spacial score (nSPS) is 14.3. The summed E-state index contributed by atoms with van der Waals surface area (Å²) in [7, 11) is 0. The van der Waals surface area contributed by atoms with Crippen LogP contribution in [0.25, 0.3) is 11.1 Å². The van der Waals surface area contributed by atoms with Crippen molar-refractivity contribution in [2.75, 3.05) is 29.5 Å². The summed E-state index contributed by atoms with van der Waals surface area (Å²) in [5.41, 5.74) is 12.3. The predicted molar refractivity (Wildman–Crippen MR) is 135 cm³/mol. The second-order valence-electron chi connectivity index (χ2n) is 8.68. The van der Waals surface area contributed by atoms with Crippen LogP contribution in [0.1, 0.15) is 35.1 Å². The number of oxazole rings is 1. The molecule has 9 heteroatoms. The van der Waals surface area contributed by atoms with Crippen molar-refractivity contribution in [3.63, 3.8) is 0 Å². The Morgan fingerprint density at radius 1 is 1.12 bits per heavy atom. The molecule has 5 rings (SSSR count). The molecule has 0 radical (unpaired) electrons. The molecule has 2 aromatic carbocycles. The van der Waals surface area contributed by atoms with Crippen LogP contribution in [0.3, 0.4) is 0 Å². The third-order valence-corrected chi connectivity index (χ3v) is 6.05. The van der Waals surface area contributed by atoms with Gasteiger partial charge in [-0.05, 0) is 69.1 Å². The highest BCUT2D eigenvalue weighted by molar-refractivity contribution is 6.16. The van der Waals surface area contributed by atoms with Crippen molar-refractivity contribution in [2.24, 2.45) is 0 Å². The van der Waals surface area contributed by atoms with Gasteiger partial charge in [-0.25, -0.2) is 9.97 Å². The predicted octanol–water partition coefficient (Wildman–Crippen LogP) is 4.14. The number of nitrogens with zero attached hydrogens (tertiary/aromatic N) is 3. The van der Waals surface area contributed by atoms with Gasteiger partial charge in [-0.3, -0.25) is 5.41 Å². The van der Waals surface area contributed by atoms with Crippen molar-refractivity contribution < 1.29 is 4.42 Å². The SMILES string of the molecule is Cc1cc(C)c2oc(Nc3ccc(C(=N)c4c(N)ncnc4NC4CCNCC4)cc3)nc2c1. The van der Waals surface area contributed by atoms with E-state index < -0.39 is 0 Å². The summed E-state index contributed by atoms with van der Waals surface area (Å²) in [4.78, 5) is 13.1. The van der Waals surface area contributed by atoms with E-state index in [1.807, 2.05) is 44.2 Å². The minimum Gasteiger partial charge on any atom is -0.423 e. The number of nitrogens with one attached hydrogen (secondary N) is 4. The van der Waals surface area contributed by atoms with E-state index in [2.05, 4.69) is 37.0 Å². The van der Waals surface area contributed by atoms with Crippen LogP contribution in [0.4, 0.5) is 23.3 Å². The smallest absolute Gasteiger partial charge is 0.300 e. The molecule has 0 atom stereocenters. The highest BCUT2D eigenvalue weighted by Gasteiger charge is 2.20.